The van der Waals surface area contributed by atoms with Crippen molar-refractivity contribution in [2.45, 2.75) is 38.2 Å². The van der Waals surface area contributed by atoms with E-state index in [1.807, 2.05) is 0 Å². The van der Waals surface area contributed by atoms with Gasteiger partial charge in [-0.1, -0.05) is 31.2 Å². The predicted molar refractivity (Wildman–Crippen MR) is 130 cm³/mol. The SMILES string of the molecule is CCC[N+](C)(CC)CC.N=C1C2=Cc3ccccc3C2=CC(S(=O)(=O)C(F)(F)F)=C1S(=O)(=O)C(F)(F)F. The molecule has 37 heavy (non-hydrogen) atoms. The zero-order chi connectivity index (χ0) is 28.6. The highest BCUT2D eigenvalue weighted by molar-refractivity contribution is 8.00. The van der Waals surface area contributed by atoms with Crippen LogP contribution < -0.4 is 0 Å². The largest absolute Gasteiger partial charge is 0.502 e. The molecule has 0 saturated carbocycles. The number of benzene rings is 1. The summed E-state index contributed by atoms with van der Waals surface area (Å²) in [6.07, 6.45) is 2.63. The first-order valence-electron chi connectivity index (χ1n) is 11.1. The molecule has 3 rings (SSSR count). The Balaban J connectivity index is 0.000000458. The summed E-state index contributed by atoms with van der Waals surface area (Å²) in [5.41, 5.74) is -13.9. The van der Waals surface area contributed by atoms with Crippen LogP contribution in [0.3, 0.4) is 0 Å². The van der Waals surface area contributed by atoms with Crippen molar-refractivity contribution in [2.24, 2.45) is 0 Å². The van der Waals surface area contributed by atoms with Crippen LogP contribution in [-0.2, 0) is 19.7 Å². The quantitative estimate of drug-likeness (QED) is 0.361. The van der Waals surface area contributed by atoms with Gasteiger partial charge in [0.25, 0.3) is 19.7 Å². The second kappa shape index (κ2) is 10.4. The maximum absolute atomic E-state index is 13.0. The number of nitrogens with one attached hydrogen (secondary N) is 1. The van der Waals surface area contributed by atoms with Crippen LogP contribution in [0.2, 0.25) is 0 Å². The molecule has 0 amide bonds. The van der Waals surface area contributed by atoms with E-state index in [1.54, 1.807) is 0 Å². The van der Waals surface area contributed by atoms with Gasteiger partial charge >= 0.3 is 11.0 Å². The van der Waals surface area contributed by atoms with Crippen molar-refractivity contribution < 1.29 is 47.7 Å². The van der Waals surface area contributed by atoms with Gasteiger partial charge in [0.1, 0.15) is 4.91 Å². The lowest BCUT2D eigenvalue weighted by atomic mass is 9.95. The molecule has 0 radical (unpaired) electrons. The number of sulfone groups is 2. The maximum atomic E-state index is 13.0. The Labute approximate surface area is 211 Å². The second-order valence-electron chi connectivity index (χ2n) is 8.65. The van der Waals surface area contributed by atoms with E-state index in [4.69, 9.17) is 5.41 Å². The molecule has 0 atom stereocenters. The van der Waals surface area contributed by atoms with E-state index >= 15 is 0 Å². The second-order valence-corrected chi connectivity index (χ2v) is 12.4. The number of hydrogen-bond donors (Lipinski definition) is 1. The van der Waals surface area contributed by atoms with E-state index < -0.39 is 51.8 Å². The molecule has 1 N–H and O–H groups in total. The molecule has 0 bridgehead atoms. The van der Waals surface area contributed by atoms with Crippen LogP contribution in [0.1, 0.15) is 38.3 Å². The number of fused-ring (bicyclic) bond motifs is 3. The standard InChI is InChI=1S/C15H7F6NO4S2.C8H20N/c16-14(17,18)27(23,24)11-6-9-8-4-2-1-3-7(8)5-10(9)12(22)13(11)28(25,26)15(19,20)21;1-5-8-9(4,6-2)7-3/h1-6,22H;5-8H2,1-4H3/q;+1. The van der Waals surface area contributed by atoms with E-state index in [0.29, 0.717) is 0 Å². The summed E-state index contributed by atoms with van der Waals surface area (Å²) in [6.45, 7) is 10.6. The third-order valence-corrected chi connectivity index (χ3v) is 9.51. The fourth-order valence-corrected chi connectivity index (χ4v) is 6.30. The first-order chi connectivity index (χ1) is 16.8. The molecule has 2 aliphatic rings. The lowest BCUT2D eigenvalue weighted by molar-refractivity contribution is -0.906. The topological polar surface area (TPSA) is 92.1 Å². The summed E-state index contributed by atoms with van der Waals surface area (Å²) >= 11 is 0. The number of halogens is 6. The number of nitrogens with zero attached hydrogens (tertiary/aromatic N) is 1. The summed E-state index contributed by atoms with van der Waals surface area (Å²) in [4.78, 5) is -4.38. The van der Waals surface area contributed by atoms with Crippen LogP contribution in [0.15, 0.2) is 45.7 Å². The van der Waals surface area contributed by atoms with Gasteiger partial charge in [-0.25, -0.2) is 16.8 Å². The normalized spacial score (nSPS) is 16.4. The minimum Gasteiger partial charge on any atom is -0.327 e. The molecule has 0 saturated heterocycles. The predicted octanol–water partition coefficient (Wildman–Crippen LogP) is 5.46. The molecule has 1 aromatic rings. The van der Waals surface area contributed by atoms with Gasteiger partial charge in [-0.15, -0.1) is 0 Å². The molecular weight excluding hydrogens is 546 g/mol. The van der Waals surface area contributed by atoms with Gasteiger partial charge in [-0.3, -0.25) is 5.41 Å². The Kier molecular flexibility index (Phi) is 8.62. The van der Waals surface area contributed by atoms with E-state index in [2.05, 4.69) is 27.8 Å². The van der Waals surface area contributed by atoms with Crippen LogP contribution >= 0.6 is 0 Å². The van der Waals surface area contributed by atoms with Crippen molar-refractivity contribution in [1.82, 2.24) is 0 Å². The summed E-state index contributed by atoms with van der Waals surface area (Å²) in [5, 5.41) is 7.82. The Morgan fingerprint density at radius 2 is 1.32 bits per heavy atom. The maximum Gasteiger partial charge on any atom is 0.502 e. The highest BCUT2D eigenvalue weighted by atomic mass is 32.2. The fourth-order valence-electron chi connectivity index (χ4n) is 3.84. The Hall–Kier alpha value is -2.45. The van der Waals surface area contributed by atoms with E-state index in [-0.39, 0.29) is 22.8 Å². The number of hydrogen-bond acceptors (Lipinski definition) is 5. The Bertz CT molecular complexity index is 1380. The van der Waals surface area contributed by atoms with Gasteiger partial charge in [0.15, 0.2) is 0 Å². The average molecular weight is 574 g/mol. The van der Waals surface area contributed by atoms with Crippen molar-refractivity contribution >= 4 is 37.0 Å². The molecule has 0 aromatic heterocycles. The Morgan fingerprint density at radius 3 is 1.76 bits per heavy atom. The molecule has 0 aliphatic heterocycles. The van der Waals surface area contributed by atoms with Gasteiger partial charge in [0.2, 0.25) is 0 Å². The highest BCUT2D eigenvalue weighted by Crippen LogP contribution is 2.47. The average Bonchev–Trinajstić information content (AvgIpc) is 3.17. The molecule has 206 valence electrons. The molecule has 1 aromatic carbocycles. The Morgan fingerprint density at radius 1 is 0.811 bits per heavy atom. The summed E-state index contributed by atoms with van der Waals surface area (Å²) < 4.78 is 127. The third-order valence-electron chi connectivity index (χ3n) is 6.29. The summed E-state index contributed by atoms with van der Waals surface area (Å²) in [7, 11) is -10.8. The van der Waals surface area contributed by atoms with Crippen molar-refractivity contribution in [3.8, 4) is 0 Å². The van der Waals surface area contributed by atoms with Crippen LogP contribution in [0.4, 0.5) is 26.3 Å². The summed E-state index contributed by atoms with van der Waals surface area (Å²) in [6, 6.07) is 5.69. The zero-order valence-corrected chi connectivity index (χ0v) is 22.1. The van der Waals surface area contributed by atoms with E-state index in [1.165, 1.54) is 54.8 Å². The van der Waals surface area contributed by atoms with E-state index in [0.717, 1.165) is 6.08 Å². The third kappa shape index (κ3) is 5.70. The highest BCUT2D eigenvalue weighted by Gasteiger charge is 2.57. The van der Waals surface area contributed by atoms with Crippen LogP contribution in [0.5, 0.6) is 0 Å². The van der Waals surface area contributed by atoms with Gasteiger partial charge in [-0.2, -0.15) is 26.3 Å². The van der Waals surface area contributed by atoms with E-state index in [9.17, 15) is 43.2 Å². The molecule has 0 fully saturated rings. The van der Waals surface area contributed by atoms with Gasteiger partial charge in [0, 0.05) is 5.57 Å². The minimum absolute atomic E-state index is 0.153. The first-order valence-corrected chi connectivity index (χ1v) is 14.1. The number of alkyl halides is 6. The molecule has 0 heterocycles. The molecule has 0 spiro atoms. The molecule has 0 unspecified atom stereocenters. The molecule has 14 heteroatoms. The smallest absolute Gasteiger partial charge is 0.327 e. The van der Waals surface area contributed by atoms with Gasteiger partial charge in [-0.05, 0) is 49.1 Å². The number of allylic oxidation sites excluding steroid dienone is 4. The van der Waals surface area contributed by atoms with Crippen molar-refractivity contribution in [3.63, 3.8) is 0 Å². The molecule has 2 aliphatic carbocycles. The van der Waals surface area contributed by atoms with Crippen LogP contribution in [-0.4, -0.2) is 64.7 Å². The van der Waals surface area contributed by atoms with Crippen molar-refractivity contribution in [1.29, 1.82) is 5.41 Å². The summed E-state index contributed by atoms with van der Waals surface area (Å²) in [5.74, 6) is 0. The molecule has 6 nitrogen and oxygen atoms in total. The minimum atomic E-state index is -6.58. The lowest BCUT2D eigenvalue weighted by Crippen LogP contribution is -2.43. The fraction of sp³-hybridized carbons (Fsp3) is 0.435. The zero-order valence-electron chi connectivity index (χ0n) is 20.5. The van der Waals surface area contributed by atoms with Crippen LogP contribution in [0, 0.1) is 5.41 Å². The van der Waals surface area contributed by atoms with Gasteiger partial charge in [0.05, 0.1) is 37.3 Å². The lowest BCUT2D eigenvalue weighted by Gasteiger charge is -2.31. The van der Waals surface area contributed by atoms with Crippen molar-refractivity contribution in [2.75, 3.05) is 26.7 Å². The number of quaternary nitrogens is 1. The van der Waals surface area contributed by atoms with Crippen molar-refractivity contribution in [3.05, 3.63) is 56.9 Å². The number of rotatable bonds is 6. The molecular formula is C23H27F6N2O4S2+. The van der Waals surface area contributed by atoms with Gasteiger partial charge < -0.3 is 4.48 Å². The monoisotopic (exact) mass is 573 g/mol. The van der Waals surface area contributed by atoms with Crippen LogP contribution in [0.25, 0.3) is 11.6 Å². The first kappa shape index (κ1) is 30.8.